The van der Waals surface area contributed by atoms with Gasteiger partial charge in [0, 0.05) is 38.5 Å². The highest BCUT2D eigenvalue weighted by atomic mass is 16.6. The molecule has 1 aliphatic rings. The number of rotatable bonds is 4. The van der Waals surface area contributed by atoms with E-state index in [1.807, 2.05) is 45.0 Å². The summed E-state index contributed by atoms with van der Waals surface area (Å²) < 4.78 is 10.6. The van der Waals surface area contributed by atoms with Crippen molar-refractivity contribution in [3.63, 3.8) is 0 Å². The third kappa shape index (κ3) is 6.13. The number of nitrogens with zero attached hydrogens (tertiary/aromatic N) is 2. The zero-order valence-electron chi connectivity index (χ0n) is 16.9. The van der Waals surface area contributed by atoms with Crippen molar-refractivity contribution in [3.8, 4) is 0 Å². The van der Waals surface area contributed by atoms with Crippen LogP contribution in [0.4, 0.5) is 15.3 Å². The molecule has 0 spiro atoms. The van der Waals surface area contributed by atoms with Gasteiger partial charge in [-0.3, -0.25) is 0 Å². The van der Waals surface area contributed by atoms with Crippen LogP contribution in [-0.2, 0) is 16.1 Å². The van der Waals surface area contributed by atoms with Crippen molar-refractivity contribution >= 4 is 17.8 Å². The van der Waals surface area contributed by atoms with Crippen LogP contribution in [0, 0.1) is 0 Å². The fourth-order valence-corrected chi connectivity index (χ4v) is 3.06. The third-order valence-corrected chi connectivity index (χ3v) is 4.47. The molecule has 1 heterocycles. The van der Waals surface area contributed by atoms with E-state index in [2.05, 4.69) is 5.32 Å². The number of anilines is 1. The van der Waals surface area contributed by atoms with Crippen LogP contribution in [0.25, 0.3) is 0 Å². The second kappa shape index (κ2) is 9.08. The molecule has 1 N–H and O–H groups in total. The number of urea groups is 1. The number of hydrogen-bond acceptors (Lipinski definition) is 4. The van der Waals surface area contributed by atoms with E-state index in [9.17, 15) is 9.59 Å². The molecular formula is C20H31N3O4. The SMILES string of the molecule is COCc1ccccc1NC(=O)N1CCC[C@@H](N(C)C(=O)OC(C)(C)C)C1. The Hall–Kier alpha value is -2.28. The minimum atomic E-state index is -0.540. The molecule has 27 heavy (non-hydrogen) atoms. The predicted molar refractivity (Wildman–Crippen MR) is 105 cm³/mol. The highest BCUT2D eigenvalue weighted by molar-refractivity contribution is 5.90. The van der Waals surface area contributed by atoms with Crippen LogP contribution in [0.5, 0.6) is 0 Å². The zero-order chi connectivity index (χ0) is 20.0. The molecule has 2 rings (SSSR count). The number of para-hydroxylation sites is 1. The van der Waals surface area contributed by atoms with Crippen LogP contribution in [0.2, 0.25) is 0 Å². The quantitative estimate of drug-likeness (QED) is 0.869. The summed E-state index contributed by atoms with van der Waals surface area (Å²) >= 11 is 0. The molecule has 0 aromatic heterocycles. The number of carbonyl (C=O) groups is 2. The first-order valence-electron chi connectivity index (χ1n) is 9.30. The van der Waals surface area contributed by atoms with Gasteiger partial charge in [0.05, 0.1) is 12.6 Å². The molecular weight excluding hydrogens is 346 g/mol. The number of piperidine rings is 1. The van der Waals surface area contributed by atoms with Crippen LogP contribution in [0.15, 0.2) is 24.3 Å². The van der Waals surface area contributed by atoms with Gasteiger partial charge in [0.25, 0.3) is 0 Å². The Bertz CT molecular complexity index is 657. The Kier molecular flexibility index (Phi) is 7.07. The van der Waals surface area contributed by atoms with Gasteiger partial charge in [0.15, 0.2) is 0 Å². The standard InChI is InChI=1S/C20H31N3O4/c1-20(2,3)27-19(25)22(4)16-10-8-12-23(13-16)18(24)21-17-11-7-6-9-15(17)14-26-5/h6-7,9,11,16H,8,10,12-14H2,1-5H3,(H,21,24)/t16-/m1/s1. The van der Waals surface area contributed by atoms with Gasteiger partial charge in [-0.15, -0.1) is 0 Å². The molecule has 3 amide bonds. The van der Waals surface area contributed by atoms with Crippen LogP contribution in [0.1, 0.15) is 39.2 Å². The van der Waals surface area contributed by atoms with Crippen LogP contribution < -0.4 is 5.32 Å². The fraction of sp³-hybridized carbons (Fsp3) is 0.600. The first-order valence-corrected chi connectivity index (χ1v) is 9.30. The third-order valence-electron chi connectivity index (χ3n) is 4.47. The Balaban J connectivity index is 1.99. The summed E-state index contributed by atoms with van der Waals surface area (Å²) in [6.45, 7) is 7.11. The Morgan fingerprint density at radius 1 is 1.30 bits per heavy atom. The number of likely N-dealkylation sites (tertiary alicyclic amines) is 1. The summed E-state index contributed by atoms with van der Waals surface area (Å²) in [5.41, 5.74) is 1.13. The number of nitrogens with one attached hydrogen (secondary N) is 1. The number of benzene rings is 1. The largest absolute Gasteiger partial charge is 0.444 e. The number of carbonyl (C=O) groups excluding carboxylic acids is 2. The average Bonchev–Trinajstić information content (AvgIpc) is 2.61. The fourth-order valence-electron chi connectivity index (χ4n) is 3.06. The summed E-state index contributed by atoms with van der Waals surface area (Å²) in [5, 5.41) is 2.96. The second-order valence-corrected chi connectivity index (χ2v) is 7.85. The van der Waals surface area contributed by atoms with E-state index in [1.54, 1.807) is 24.0 Å². The van der Waals surface area contributed by atoms with Gasteiger partial charge >= 0.3 is 12.1 Å². The van der Waals surface area contributed by atoms with E-state index in [0.717, 1.165) is 24.1 Å². The minimum Gasteiger partial charge on any atom is -0.444 e. The van der Waals surface area contributed by atoms with Gasteiger partial charge in [0.2, 0.25) is 0 Å². The monoisotopic (exact) mass is 377 g/mol. The Morgan fingerprint density at radius 2 is 2.00 bits per heavy atom. The van der Waals surface area contributed by atoms with Gasteiger partial charge < -0.3 is 24.6 Å². The summed E-state index contributed by atoms with van der Waals surface area (Å²) in [7, 11) is 3.36. The topological polar surface area (TPSA) is 71.1 Å². The average molecular weight is 377 g/mol. The molecule has 1 fully saturated rings. The summed E-state index contributed by atoms with van der Waals surface area (Å²) in [6.07, 6.45) is 1.32. The Morgan fingerprint density at radius 3 is 2.67 bits per heavy atom. The lowest BCUT2D eigenvalue weighted by molar-refractivity contribution is 0.0158. The number of hydrogen-bond donors (Lipinski definition) is 1. The highest BCUT2D eigenvalue weighted by Gasteiger charge is 2.31. The van der Waals surface area contributed by atoms with Crippen molar-refractivity contribution in [2.45, 2.75) is 51.9 Å². The molecule has 0 saturated carbocycles. The van der Waals surface area contributed by atoms with E-state index in [1.165, 1.54) is 0 Å². The van der Waals surface area contributed by atoms with Crippen molar-refractivity contribution in [2.24, 2.45) is 0 Å². The van der Waals surface area contributed by atoms with Gasteiger partial charge in [0.1, 0.15) is 5.60 Å². The number of methoxy groups -OCH3 is 1. The van der Waals surface area contributed by atoms with Crippen molar-refractivity contribution in [3.05, 3.63) is 29.8 Å². The normalized spacial score (nSPS) is 17.4. The summed E-state index contributed by atoms with van der Waals surface area (Å²) in [5.74, 6) is 0. The maximum Gasteiger partial charge on any atom is 0.410 e. The molecule has 7 nitrogen and oxygen atoms in total. The van der Waals surface area contributed by atoms with Crippen molar-refractivity contribution in [2.75, 3.05) is 32.6 Å². The molecule has 1 saturated heterocycles. The maximum absolute atomic E-state index is 12.7. The zero-order valence-corrected chi connectivity index (χ0v) is 16.9. The molecule has 1 atom stereocenters. The molecule has 0 unspecified atom stereocenters. The van der Waals surface area contributed by atoms with E-state index < -0.39 is 5.60 Å². The van der Waals surface area contributed by atoms with E-state index in [0.29, 0.717) is 19.7 Å². The lowest BCUT2D eigenvalue weighted by Crippen LogP contribution is -2.52. The van der Waals surface area contributed by atoms with Crippen LogP contribution >= 0.6 is 0 Å². The Labute approximate surface area is 161 Å². The first-order chi connectivity index (χ1) is 12.7. The lowest BCUT2D eigenvalue weighted by atomic mass is 10.1. The van der Waals surface area contributed by atoms with Gasteiger partial charge in [-0.05, 0) is 39.7 Å². The number of likely N-dealkylation sites (N-methyl/N-ethyl adjacent to an activating group) is 1. The maximum atomic E-state index is 12.7. The molecule has 0 bridgehead atoms. The molecule has 0 radical (unpaired) electrons. The van der Waals surface area contributed by atoms with Crippen LogP contribution in [-0.4, -0.2) is 60.8 Å². The van der Waals surface area contributed by atoms with Gasteiger partial charge in [-0.2, -0.15) is 0 Å². The molecule has 0 aliphatic carbocycles. The van der Waals surface area contributed by atoms with Crippen molar-refractivity contribution in [1.29, 1.82) is 0 Å². The second-order valence-electron chi connectivity index (χ2n) is 7.85. The summed E-state index contributed by atoms with van der Waals surface area (Å²) in [4.78, 5) is 28.4. The smallest absolute Gasteiger partial charge is 0.410 e. The van der Waals surface area contributed by atoms with E-state index in [4.69, 9.17) is 9.47 Å². The lowest BCUT2D eigenvalue weighted by Gasteiger charge is -2.38. The van der Waals surface area contributed by atoms with Crippen molar-refractivity contribution in [1.82, 2.24) is 9.80 Å². The molecule has 1 aliphatic heterocycles. The highest BCUT2D eigenvalue weighted by Crippen LogP contribution is 2.20. The number of ether oxygens (including phenoxy) is 2. The van der Waals surface area contributed by atoms with Crippen LogP contribution in [0.3, 0.4) is 0 Å². The minimum absolute atomic E-state index is 0.0615. The molecule has 7 heteroatoms. The molecule has 1 aromatic carbocycles. The van der Waals surface area contributed by atoms with E-state index in [-0.39, 0.29) is 18.2 Å². The molecule has 150 valence electrons. The molecule has 1 aromatic rings. The predicted octanol–water partition coefficient (Wildman–Crippen LogP) is 3.70. The number of amides is 3. The first kappa shape index (κ1) is 21.0. The van der Waals surface area contributed by atoms with Gasteiger partial charge in [-0.25, -0.2) is 9.59 Å². The van der Waals surface area contributed by atoms with E-state index >= 15 is 0 Å². The van der Waals surface area contributed by atoms with Gasteiger partial charge in [-0.1, -0.05) is 18.2 Å². The summed E-state index contributed by atoms with van der Waals surface area (Å²) in [6, 6.07) is 7.35. The van der Waals surface area contributed by atoms with Crippen molar-refractivity contribution < 1.29 is 19.1 Å².